The molecule has 2 aromatic rings. The Morgan fingerprint density at radius 2 is 1.67 bits per heavy atom. The fourth-order valence-electron chi connectivity index (χ4n) is 3.48. The fourth-order valence-corrected chi connectivity index (χ4v) is 3.48. The fraction of sp³-hybridized carbons (Fsp3) is 0.350. The standard InChI is InChI=1S/C20H22O/c1-14-11-12-17(13-15(14)2)18-9-6-10-19(21)20(18)16-7-4-3-5-8-16/h3-5,7-8,11-13,18,20H,6,9-10H2,1-2H3/t18-,20-/m0/s1. The zero-order valence-corrected chi connectivity index (χ0v) is 12.8. The van der Waals surface area contributed by atoms with Crippen LogP contribution in [0.1, 0.15) is 53.4 Å². The van der Waals surface area contributed by atoms with Gasteiger partial charge in [0.2, 0.25) is 0 Å². The molecule has 3 rings (SSSR count). The van der Waals surface area contributed by atoms with Gasteiger partial charge < -0.3 is 0 Å². The molecule has 1 heteroatoms. The second-order valence-corrected chi connectivity index (χ2v) is 6.20. The van der Waals surface area contributed by atoms with Gasteiger partial charge in [0.15, 0.2) is 0 Å². The van der Waals surface area contributed by atoms with Crippen LogP contribution in [-0.4, -0.2) is 5.78 Å². The zero-order valence-electron chi connectivity index (χ0n) is 12.8. The van der Waals surface area contributed by atoms with E-state index in [1.807, 2.05) is 18.2 Å². The van der Waals surface area contributed by atoms with E-state index < -0.39 is 0 Å². The Labute approximate surface area is 127 Å². The molecule has 1 saturated carbocycles. The van der Waals surface area contributed by atoms with E-state index in [1.165, 1.54) is 22.3 Å². The summed E-state index contributed by atoms with van der Waals surface area (Å²) in [5.41, 5.74) is 5.12. The summed E-state index contributed by atoms with van der Waals surface area (Å²) in [6.07, 6.45) is 2.84. The van der Waals surface area contributed by atoms with Crippen molar-refractivity contribution in [2.24, 2.45) is 0 Å². The second kappa shape index (κ2) is 5.85. The molecule has 1 aliphatic carbocycles. The van der Waals surface area contributed by atoms with Crippen LogP contribution in [0, 0.1) is 13.8 Å². The first-order valence-corrected chi connectivity index (χ1v) is 7.81. The predicted octanol–water partition coefficient (Wildman–Crippen LogP) is 4.92. The maximum Gasteiger partial charge on any atom is 0.140 e. The highest BCUT2D eigenvalue weighted by Gasteiger charge is 2.33. The molecule has 0 spiro atoms. The van der Waals surface area contributed by atoms with Crippen LogP contribution in [0.4, 0.5) is 0 Å². The molecule has 0 unspecified atom stereocenters. The maximum absolute atomic E-state index is 12.5. The Balaban J connectivity index is 2.01. The van der Waals surface area contributed by atoms with Gasteiger partial charge in [0, 0.05) is 12.3 Å². The molecule has 2 atom stereocenters. The minimum absolute atomic E-state index is 0.0297. The quantitative estimate of drug-likeness (QED) is 0.761. The molecule has 0 saturated heterocycles. The molecule has 0 bridgehead atoms. The third-order valence-electron chi connectivity index (χ3n) is 4.81. The molecule has 108 valence electrons. The maximum atomic E-state index is 12.5. The van der Waals surface area contributed by atoms with Crippen LogP contribution in [-0.2, 0) is 4.79 Å². The first-order valence-electron chi connectivity index (χ1n) is 7.81. The van der Waals surface area contributed by atoms with Crippen molar-refractivity contribution in [1.29, 1.82) is 0 Å². The van der Waals surface area contributed by atoms with Gasteiger partial charge in [-0.1, -0.05) is 48.5 Å². The van der Waals surface area contributed by atoms with Crippen LogP contribution in [0.15, 0.2) is 48.5 Å². The Morgan fingerprint density at radius 3 is 2.38 bits per heavy atom. The Kier molecular flexibility index (Phi) is 3.92. The van der Waals surface area contributed by atoms with Crippen LogP contribution < -0.4 is 0 Å². The number of rotatable bonds is 2. The van der Waals surface area contributed by atoms with Gasteiger partial charge in [-0.2, -0.15) is 0 Å². The molecular formula is C20H22O. The molecular weight excluding hydrogens is 256 g/mol. The number of ketones is 1. The highest BCUT2D eigenvalue weighted by Crippen LogP contribution is 2.42. The van der Waals surface area contributed by atoms with Crippen molar-refractivity contribution in [3.05, 3.63) is 70.8 Å². The van der Waals surface area contributed by atoms with Crippen molar-refractivity contribution in [1.82, 2.24) is 0 Å². The Morgan fingerprint density at radius 1 is 0.905 bits per heavy atom. The molecule has 1 fully saturated rings. The molecule has 0 aromatic heterocycles. The van der Waals surface area contributed by atoms with Crippen molar-refractivity contribution >= 4 is 5.78 Å². The summed E-state index contributed by atoms with van der Waals surface area (Å²) in [5, 5.41) is 0. The third kappa shape index (κ3) is 2.78. The van der Waals surface area contributed by atoms with Crippen molar-refractivity contribution in [2.75, 3.05) is 0 Å². The topological polar surface area (TPSA) is 17.1 Å². The van der Waals surface area contributed by atoms with Crippen LogP contribution >= 0.6 is 0 Å². The number of carbonyl (C=O) groups is 1. The molecule has 1 nitrogen and oxygen atoms in total. The van der Waals surface area contributed by atoms with Gasteiger partial charge in [-0.05, 0) is 54.9 Å². The largest absolute Gasteiger partial charge is 0.299 e. The van der Waals surface area contributed by atoms with Crippen LogP contribution in [0.25, 0.3) is 0 Å². The minimum atomic E-state index is 0.0297. The first-order chi connectivity index (χ1) is 10.2. The summed E-state index contributed by atoms with van der Waals surface area (Å²) in [5.74, 6) is 0.755. The lowest BCUT2D eigenvalue weighted by Crippen LogP contribution is -2.25. The van der Waals surface area contributed by atoms with Gasteiger partial charge >= 0.3 is 0 Å². The minimum Gasteiger partial charge on any atom is -0.299 e. The normalized spacial score (nSPS) is 22.3. The van der Waals surface area contributed by atoms with E-state index >= 15 is 0 Å². The van der Waals surface area contributed by atoms with E-state index in [9.17, 15) is 4.79 Å². The molecule has 0 amide bonds. The highest BCUT2D eigenvalue weighted by molar-refractivity contribution is 5.87. The number of Topliss-reactive ketones (excluding diaryl/α,β-unsaturated/α-hetero) is 1. The number of hydrogen-bond acceptors (Lipinski definition) is 1. The summed E-state index contributed by atoms with van der Waals surface area (Å²) < 4.78 is 0. The Bertz CT molecular complexity index is 642. The van der Waals surface area contributed by atoms with Gasteiger partial charge in [0.05, 0.1) is 0 Å². The summed E-state index contributed by atoms with van der Waals surface area (Å²) in [7, 11) is 0. The Hall–Kier alpha value is -1.89. The number of carbonyl (C=O) groups excluding carboxylic acids is 1. The summed E-state index contributed by atoms with van der Waals surface area (Å²) in [6.45, 7) is 4.29. The molecule has 2 aromatic carbocycles. The molecule has 0 aliphatic heterocycles. The predicted molar refractivity (Wildman–Crippen MR) is 86.7 cm³/mol. The lowest BCUT2D eigenvalue weighted by atomic mass is 9.71. The molecule has 0 radical (unpaired) electrons. The molecule has 0 heterocycles. The van der Waals surface area contributed by atoms with E-state index in [0.29, 0.717) is 11.7 Å². The average molecular weight is 278 g/mol. The molecule has 21 heavy (non-hydrogen) atoms. The summed E-state index contributed by atoms with van der Waals surface area (Å²) in [4.78, 5) is 12.5. The second-order valence-electron chi connectivity index (χ2n) is 6.20. The van der Waals surface area contributed by atoms with Crippen LogP contribution in [0.5, 0.6) is 0 Å². The number of benzene rings is 2. The summed E-state index contributed by atoms with van der Waals surface area (Å²) in [6, 6.07) is 17.0. The zero-order chi connectivity index (χ0) is 14.8. The lowest BCUT2D eigenvalue weighted by molar-refractivity contribution is -0.122. The van der Waals surface area contributed by atoms with Crippen molar-refractivity contribution < 1.29 is 4.79 Å². The smallest absolute Gasteiger partial charge is 0.140 e. The number of hydrogen-bond donors (Lipinski definition) is 0. The van der Waals surface area contributed by atoms with E-state index in [-0.39, 0.29) is 5.92 Å². The van der Waals surface area contributed by atoms with Gasteiger partial charge in [-0.25, -0.2) is 0 Å². The van der Waals surface area contributed by atoms with E-state index in [2.05, 4.69) is 44.2 Å². The van der Waals surface area contributed by atoms with Crippen molar-refractivity contribution in [3.8, 4) is 0 Å². The summed E-state index contributed by atoms with van der Waals surface area (Å²) >= 11 is 0. The molecule has 1 aliphatic rings. The highest BCUT2D eigenvalue weighted by atomic mass is 16.1. The van der Waals surface area contributed by atoms with E-state index in [1.54, 1.807) is 0 Å². The van der Waals surface area contributed by atoms with E-state index in [4.69, 9.17) is 0 Å². The SMILES string of the molecule is Cc1ccc([C@@H]2CCCC(=O)[C@H]2c2ccccc2)cc1C. The van der Waals surface area contributed by atoms with Gasteiger partial charge in [0.25, 0.3) is 0 Å². The van der Waals surface area contributed by atoms with E-state index in [0.717, 1.165) is 19.3 Å². The van der Waals surface area contributed by atoms with Gasteiger partial charge in [0.1, 0.15) is 5.78 Å². The molecule has 0 N–H and O–H groups in total. The average Bonchev–Trinajstić information content (AvgIpc) is 2.50. The van der Waals surface area contributed by atoms with Crippen LogP contribution in [0.3, 0.4) is 0 Å². The van der Waals surface area contributed by atoms with Crippen molar-refractivity contribution in [3.63, 3.8) is 0 Å². The lowest BCUT2D eigenvalue weighted by Gasteiger charge is -2.31. The van der Waals surface area contributed by atoms with Gasteiger partial charge in [-0.15, -0.1) is 0 Å². The number of aryl methyl sites for hydroxylation is 2. The van der Waals surface area contributed by atoms with Crippen molar-refractivity contribution in [2.45, 2.75) is 44.9 Å². The van der Waals surface area contributed by atoms with Gasteiger partial charge in [-0.3, -0.25) is 4.79 Å². The monoisotopic (exact) mass is 278 g/mol. The third-order valence-corrected chi connectivity index (χ3v) is 4.81. The first kappa shape index (κ1) is 14.1. The van der Waals surface area contributed by atoms with Crippen LogP contribution in [0.2, 0.25) is 0 Å².